The lowest BCUT2D eigenvalue weighted by Gasteiger charge is -2.33. The first-order valence-corrected chi connectivity index (χ1v) is 33.8. The smallest absolute Gasteiger partial charge is 0.144 e. The Labute approximate surface area is 539 Å². The van der Waals surface area contributed by atoms with Crippen molar-refractivity contribution in [2.24, 2.45) is 0 Å². The minimum absolute atomic E-state index is 0.0188. The monoisotopic (exact) mass is 1190 g/mol. The van der Waals surface area contributed by atoms with Crippen LogP contribution in [0.4, 0.5) is 5.69 Å². The number of para-hydroxylation sites is 1. The highest BCUT2D eigenvalue weighted by Crippen LogP contribution is 2.45. The SMILES string of the molecule is CC(C)c1cc(-c2ccccc2)cc(C(C)C)c1N1C=C(CCCCc2ccc(-c3nc(CCCCCc4ccc(-c5nccn5-c5c(C(C)C)cccc5C(C)C)cc4)cn3-c3c(C(C)C)cc(-c4ccccc4)cc3C(C)C)cc2)NC1c1ccccc1. The normalized spacial score (nSPS) is 13.5. The molecule has 90 heavy (non-hydrogen) atoms. The largest absolute Gasteiger partial charge is 0.363 e. The zero-order chi connectivity index (χ0) is 63.0. The molecule has 0 spiro atoms. The molecule has 1 atom stereocenters. The lowest BCUT2D eigenvalue weighted by molar-refractivity contribution is 0.612. The zero-order valence-corrected chi connectivity index (χ0v) is 55.8. The van der Waals surface area contributed by atoms with Gasteiger partial charge < -0.3 is 10.2 Å². The Hall–Kier alpha value is -8.48. The molecule has 0 amide bonds. The summed E-state index contributed by atoms with van der Waals surface area (Å²) in [5.41, 5.74) is 25.9. The number of hydrogen-bond acceptors (Lipinski definition) is 4. The van der Waals surface area contributed by atoms with E-state index in [1.165, 1.54) is 95.1 Å². The van der Waals surface area contributed by atoms with Crippen LogP contribution in [0.3, 0.4) is 0 Å². The van der Waals surface area contributed by atoms with Gasteiger partial charge in [0.15, 0.2) is 0 Å². The predicted octanol–water partition coefficient (Wildman–Crippen LogP) is 22.8. The van der Waals surface area contributed by atoms with E-state index in [-0.39, 0.29) is 6.17 Å². The first kappa shape index (κ1) is 63.1. The number of allylic oxidation sites excluding steroid dienone is 1. The van der Waals surface area contributed by atoms with Gasteiger partial charge in [0, 0.05) is 47.3 Å². The van der Waals surface area contributed by atoms with Crippen LogP contribution in [0.5, 0.6) is 0 Å². The standard InChI is InChI=1S/C84H96N6/c1-56(2)73-38-27-39-74(57(3)4)79(73)88-49-48-85-82(88)67-44-40-62(41-45-67)28-17-13-24-36-71-54-90(81-77(60(9)10)52-70(53-78(81)61(11)12)65-32-20-15-21-33-65)84(87-71)68-46-42-63(43-47-68)29-25-26-37-72-55-89(83(86-72)66-34-22-16-23-35-66)80-75(58(5)6)50-69(51-76(80)59(7)8)64-30-18-14-19-31-64/h14-16,18-23,27,30-35,38-61,83,86H,13,17,24-26,28-29,36-37H2,1-12H3. The summed E-state index contributed by atoms with van der Waals surface area (Å²) in [5.74, 6) is 4.14. The van der Waals surface area contributed by atoms with Gasteiger partial charge in [-0.25, -0.2) is 9.97 Å². The van der Waals surface area contributed by atoms with Crippen LogP contribution in [0.25, 0.3) is 56.4 Å². The van der Waals surface area contributed by atoms with Crippen molar-refractivity contribution in [3.05, 3.63) is 268 Å². The van der Waals surface area contributed by atoms with Gasteiger partial charge in [-0.05, 0) is 183 Å². The van der Waals surface area contributed by atoms with Gasteiger partial charge in [0.1, 0.15) is 17.8 Å². The lowest BCUT2D eigenvalue weighted by Crippen LogP contribution is -2.29. The third-order valence-corrected chi connectivity index (χ3v) is 18.5. The highest BCUT2D eigenvalue weighted by Gasteiger charge is 2.32. The summed E-state index contributed by atoms with van der Waals surface area (Å²) >= 11 is 0. The summed E-state index contributed by atoms with van der Waals surface area (Å²) in [6.45, 7) is 27.9. The Kier molecular flexibility index (Phi) is 20.0. The Morgan fingerprint density at radius 1 is 0.378 bits per heavy atom. The topological polar surface area (TPSA) is 50.9 Å². The molecule has 8 aromatic carbocycles. The molecule has 462 valence electrons. The second kappa shape index (κ2) is 28.6. The average molecular weight is 1190 g/mol. The van der Waals surface area contributed by atoms with E-state index in [0.717, 1.165) is 86.3 Å². The molecule has 6 heteroatoms. The molecule has 3 heterocycles. The molecule has 0 saturated carbocycles. The van der Waals surface area contributed by atoms with E-state index in [1.54, 1.807) is 0 Å². The van der Waals surface area contributed by atoms with Crippen LogP contribution in [-0.2, 0) is 19.3 Å². The van der Waals surface area contributed by atoms with Crippen LogP contribution < -0.4 is 10.2 Å². The molecule has 1 N–H and O–H groups in total. The quantitative estimate of drug-likeness (QED) is 0.0580. The van der Waals surface area contributed by atoms with Crippen LogP contribution >= 0.6 is 0 Å². The molecule has 1 unspecified atom stereocenters. The molecule has 0 saturated heterocycles. The maximum absolute atomic E-state index is 5.58. The van der Waals surface area contributed by atoms with E-state index in [1.807, 2.05) is 6.20 Å². The van der Waals surface area contributed by atoms with Gasteiger partial charge in [-0.2, -0.15) is 0 Å². The van der Waals surface area contributed by atoms with Gasteiger partial charge in [0.25, 0.3) is 0 Å². The van der Waals surface area contributed by atoms with Crippen molar-refractivity contribution in [2.45, 2.75) is 183 Å². The van der Waals surface area contributed by atoms with Crippen LogP contribution in [0.2, 0.25) is 0 Å². The Morgan fingerprint density at radius 2 is 0.811 bits per heavy atom. The van der Waals surface area contributed by atoms with E-state index >= 15 is 0 Å². The van der Waals surface area contributed by atoms with Crippen molar-refractivity contribution in [2.75, 3.05) is 4.90 Å². The number of rotatable bonds is 25. The summed E-state index contributed by atoms with van der Waals surface area (Å²) < 4.78 is 4.77. The van der Waals surface area contributed by atoms with Crippen molar-refractivity contribution < 1.29 is 0 Å². The Morgan fingerprint density at radius 3 is 1.31 bits per heavy atom. The summed E-state index contributed by atoms with van der Waals surface area (Å²) in [6, 6.07) is 67.8. The number of nitrogens with zero attached hydrogens (tertiary/aromatic N) is 5. The minimum atomic E-state index is 0.0188. The first-order chi connectivity index (χ1) is 43.6. The van der Waals surface area contributed by atoms with E-state index in [9.17, 15) is 0 Å². The predicted molar refractivity (Wildman–Crippen MR) is 382 cm³/mol. The minimum Gasteiger partial charge on any atom is -0.363 e. The third-order valence-electron chi connectivity index (χ3n) is 18.5. The average Bonchev–Trinajstić information content (AvgIpc) is 1.47. The van der Waals surface area contributed by atoms with Crippen LogP contribution in [-0.4, -0.2) is 19.1 Å². The number of hydrogen-bond donors (Lipinski definition) is 1. The highest BCUT2D eigenvalue weighted by atomic mass is 15.3. The number of anilines is 1. The number of nitrogens with one attached hydrogen (secondary N) is 1. The third kappa shape index (κ3) is 14.1. The lowest BCUT2D eigenvalue weighted by atomic mass is 9.87. The van der Waals surface area contributed by atoms with Crippen molar-refractivity contribution in [1.29, 1.82) is 0 Å². The molecule has 6 nitrogen and oxygen atoms in total. The van der Waals surface area contributed by atoms with Gasteiger partial charge in [-0.1, -0.05) is 247 Å². The fourth-order valence-electron chi connectivity index (χ4n) is 13.5. The molecular weight excluding hydrogens is 1090 g/mol. The van der Waals surface area contributed by atoms with Crippen LogP contribution in [0, 0.1) is 0 Å². The summed E-state index contributed by atoms with van der Waals surface area (Å²) in [5, 5.41) is 4.03. The van der Waals surface area contributed by atoms with Gasteiger partial charge in [-0.15, -0.1) is 0 Å². The highest BCUT2D eigenvalue weighted by molar-refractivity contribution is 5.76. The molecule has 11 rings (SSSR count). The summed E-state index contributed by atoms with van der Waals surface area (Å²) in [7, 11) is 0. The van der Waals surface area contributed by atoms with E-state index in [0.29, 0.717) is 35.5 Å². The molecule has 0 aliphatic carbocycles. The Balaban J connectivity index is 0.802. The van der Waals surface area contributed by atoms with Gasteiger partial charge in [-0.3, -0.25) is 9.13 Å². The molecule has 1 aliphatic heterocycles. The summed E-state index contributed by atoms with van der Waals surface area (Å²) in [6.07, 6.45) is 18.4. The number of imidazole rings is 2. The molecule has 10 aromatic rings. The first-order valence-electron chi connectivity index (χ1n) is 33.8. The fraction of sp³-hybridized carbons (Fsp3) is 0.333. The second-order valence-electron chi connectivity index (χ2n) is 27.2. The van der Waals surface area contributed by atoms with Gasteiger partial charge in [0.2, 0.25) is 0 Å². The molecule has 2 aromatic heterocycles. The van der Waals surface area contributed by atoms with Gasteiger partial charge in [0.05, 0.1) is 17.1 Å². The maximum Gasteiger partial charge on any atom is 0.144 e. The van der Waals surface area contributed by atoms with Crippen LogP contribution in [0.1, 0.15) is 219 Å². The number of unbranched alkanes of at least 4 members (excludes halogenated alkanes) is 3. The Bertz CT molecular complexity index is 3920. The summed E-state index contributed by atoms with van der Waals surface area (Å²) in [4.78, 5) is 13.0. The number of benzene rings is 8. The van der Waals surface area contributed by atoms with Crippen molar-refractivity contribution >= 4 is 5.69 Å². The van der Waals surface area contributed by atoms with E-state index < -0.39 is 0 Å². The molecule has 1 aliphatic rings. The van der Waals surface area contributed by atoms with Gasteiger partial charge >= 0.3 is 0 Å². The zero-order valence-electron chi connectivity index (χ0n) is 55.8. The van der Waals surface area contributed by atoms with Crippen molar-refractivity contribution in [3.8, 4) is 56.4 Å². The molecule has 0 bridgehead atoms. The molecular formula is C84H96N6. The molecule has 0 fully saturated rings. The van der Waals surface area contributed by atoms with Crippen molar-refractivity contribution in [3.63, 3.8) is 0 Å². The van der Waals surface area contributed by atoms with E-state index in [4.69, 9.17) is 9.97 Å². The second-order valence-corrected chi connectivity index (χ2v) is 27.2. The number of aromatic nitrogens is 4. The van der Waals surface area contributed by atoms with E-state index in [2.05, 4.69) is 303 Å². The fourth-order valence-corrected chi connectivity index (χ4v) is 13.5. The van der Waals surface area contributed by atoms with Crippen molar-refractivity contribution in [1.82, 2.24) is 24.4 Å². The number of aryl methyl sites for hydroxylation is 3. The van der Waals surface area contributed by atoms with Crippen LogP contribution in [0.15, 0.2) is 212 Å². The maximum atomic E-state index is 5.58. The molecule has 0 radical (unpaired) electrons.